The summed E-state index contributed by atoms with van der Waals surface area (Å²) < 4.78 is 5.20. The number of carbonyl (C=O) groups is 1. The van der Waals surface area contributed by atoms with Gasteiger partial charge in [0.2, 0.25) is 5.89 Å². The predicted molar refractivity (Wildman–Crippen MR) is 67.4 cm³/mol. The number of rotatable bonds is 3. The standard InChI is InChI=1S/C12H20N4O3/c1-11(2,3)9-14-8(15-19-9)6-16-5-4-12(13,7-16)10(17)18/h4-7,13H2,1-3H3,(H,17,18). The van der Waals surface area contributed by atoms with Gasteiger partial charge in [-0.05, 0) is 6.42 Å². The molecule has 2 rings (SSSR count). The number of aliphatic carboxylic acids is 1. The quantitative estimate of drug-likeness (QED) is 0.815. The Bertz CT molecular complexity index is 480. The van der Waals surface area contributed by atoms with Crippen LogP contribution in [0.5, 0.6) is 0 Å². The highest BCUT2D eigenvalue weighted by molar-refractivity contribution is 5.79. The molecule has 1 atom stereocenters. The van der Waals surface area contributed by atoms with Crippen molar-refractivity contribution >= 4 is 5.97 Å². The highest BCUT2D eigenvalue weighted by Gasteiger charge is 2.41. The van der Waals surface area contributed by atoms with E-state index in [0.717, 1.165) is 0 Å². The number of aromatic nitrogens is 2. The largest absolute Gasteiger partial charge is 0.480 e. The minimum absolute atomic E-state index is 0.186. The zero-order valence-electron chi connectivity index (χ0n) is 11.5. The summed E-state index contributed by atoms with van der Waals surface area (Å²) >= 11 is 0. The van der Waals surface area contributed by atoms with Crippen molar-refractivity contribution in [2.45, 2.75) is 44.7 Å². The summed E-state index contributed by atoms with van der Waals surface area (Å²) in [5.74, 6) is 0.192. The van der Waals surface area contributed by atoms with Gasteiger partial charge in [-0.1, -0.05) is 25.9 Å². The van der Waals surface area contributed by atoms with Crippen LogP contribution in [-0.4, -0.2) is 44.7 Å². The van der Waals surface area contributed by atoms with Crippen molar-refractivity contribution in [3.05, 3.63) is 11.7 Å². The summed E-state index contributed by atoms with van der Waals surface area (Å²) in [4.78, 5) is 17.3. The summed E-state index contributed by atoms with van der Waals surface area (Å²) in [6, 6.07) is 0. The molecular formula is C12H20N4O3. The van der Waals surface area contributed by atoms with Crippen molar-refractivity contribution in [1.29, 1.82) is 0 Å². The summed E-state index contributed by atoms with van der Waals surface area (Å²) in [6.07, 6.45) is 0.437. The highest BCUT2D eigenvalue weighted by Crippen LogP contribution is 2.22. The molecule has 1 saturated heterocycles. The van der Waals surface area contributed by atoms with Gasteiger partial charge in [0.05, 0.1) is 6.54 Å². The van der Waals surface area contributed by atoms with E-state index < -0.39 is 11.5 Å². The van der Waals surface area contributed by atoms with Crippen LogP contribution in [0.25, 0.3) is 0 Å². The first-order valence-electron chi connectivity index (χ1n) is 6.28. The van der Waals surface area contributed by atoms with Crippen molar-refractivity contribution in [1.82, 2.24) is 15.0 Å². The first-order chi connectivity index (χ1) is 8.71. The molecule has 7 heteroatoms. The van der Waals surface area contributed by atoms with Crippen LogP contribution in [0.15, 0.2) is 4.52 Å². The maximum atomic E-state index is 11.1. The Labute approximate surface area is 111 Å². The molecule has 1 aliphatic heterocycles. The smallest absolute Gasteiger partial charge is 0.325 e. The molecule has 0 bridgehead atoms. The molecule has 1 aromatic heterocycles. The van der Waals surface area contributed by atoms with Crippen LogP contribution < -0.4 is 5.73 Å². The van der Waals surface area contributed by atoms with E-state index in [-0.39, 0.29) is 5.41 Å². The van der Waals surface area contributed by atoms with Gasteiger partial charge in [0.15, 0.2) is 5.82 Å². The summed E-state index contributed by atoms with van der Waals surface area (Å²) in [7, 11) is 0. The number of hydrogen-bond donors (Lipinski definition) is 2. The molecule has 7 nitrogen and oxygen atoms in total. The maximum absolute atomic E-state index is 11.1. The molecule has 2 heterocycles. The lowest BCUT2D eigenvalue weighted by Crippen LogP contribution is -2.50. The Morgan fingerprint density at radius 2 is 2.26 bits per heavy atom. The minimum atomic E-state index is -1.16. The molecule has 1 aromatic rings. The number of carboxylic acid groups (broad SMARTS) is 1. The van der Waals surface area contributed by atoms with E-state index in [9.17, 15) is 4.79 Å². The second kappa shape index (κ2) is 4.57. The number of nitrogens with zero attached hydrogens (tertiary/aromatic N) is 3. The summed E-state index contributed by atoms with van der Waals surface area (Å²) in [5, 5.41) is 13.0. The van der Waals surface area contributed by atoms with Crippen molar-refractivity contribution in [2.75, 3.05) is 13.1 Å². The summed E-state index contributed by atoms with van der Waals surface area (Å²) in [6.45, 7) is 7.39. The van der Waals surface area contributed by atoms with Crippen molar-refractivity contribution in [3.63, 3.8) is 0 Å². The van der Waals surface area contributed by atoms with E-state index in [2.05, 4.69) is 10.1 Å². The molecule has 106 valence electrons. The Balaban J connectivity index is 2.00. The average Bonchev–Trinajstić information content (AvgIpc) is 2.86. The molecule has 0 spiro atoms. The molecule has 0 aromatic carbocycles. The van der Waals surface area contributed by atoms with Crippen molar-refractivity contribution in [2.24, 2.45) is 5.73 Å². The zero-order valence-corrected chi connectivity index (χ0v) is 11.5. The van der Waals surface area contributed by atoms with Crippen LogP contribution >= 0.6 is 0 Å². The Morgan fingerprint density at radius 3 is 2.74 bits per heavy atom. The average molecular weight is 268 g/mol. The normalized spacial score (nSPS) is 24.8. The van der Waals surface area contributed by atoms with Gasteiger partial charge in [-0.3, -0.25) is 9.69 Å². The molecule has 0 saturated carbocycles. The third kappa shape index (κ3) is 2.93. The van der Waals surface area contributed by atoms with Gasteiger partial charge in [0.1, 0.15) is 5.54 Å². The van der Waals surface area contributed by atoms with E-state index in [0.29, 0.717) is 37.8 Å². The van der Waals surface area contributed by atoms with E-state index >= 15 is 0 Å². The van der Waals surface area contributed by atoms with Crippen LogP contribution in [0.3, 0.4) is 0 Å². The molecule has 0 radical (unpaired) electrons. The molecule has 0 aliphatic carbocycles. The number of nitrogens with two attached hydrogens (primary N) is 1. The third-order valence-electron chi connectivity index (χ3n) is 3.28. The van der Waals surface area contributed by atoms with E-state index in [1.165, 1.54) is 0 Å². The number of likely N-dealkylation sites (tertiary alicyclic amines) is 1. The topological polar surface area (TPSA) is 105 Å². The molecule has 3 N–H and O–H groups in total. The van der Waals surface area contributed by atoms with E-state index in [1.54, 1.807) is 0 Å². The van der Waals surface area contributed by atoms with Crippen molar-refractivity contribution in [3.8, 4) is 0 Å². The number of hydrogen-bond acceptors (Lipinski definition) is 6. The third-order valence-corrected chi connectivity index (χ3v) is 3.28. The van der Waals surface area contributed by atoms with Gasteiger partial charge < -0.3 is 15.4 Å². The highest BCUT2D eigenvalue weighted by atomic mass is 16.5. The Morgan fingerprint density at radius 1 is 1.58 bits per heavy atom. The Hall–Kier alpha value is -1.47. The second-order valence-corrected chi connectivity index (χ2v) is 6.19. The molecule has 19 heavy (non-hydrogen) atoms. The zero-order chi connectivity index (χ0) is 14.3. The van der Waals surface area contributed by atoms with Gasteiger partial charge >= 0.3 is 5.97 Å². The second-order valence-electron chi connectivity index (χ2n) is 6.19. The molecular weight excluding hydrogens is 248 g/mol. The van der Waals surface area contributed by atoms with Crippen LogP contribution in [0.2, 0.25) is 0 Å². The van der Waals surface area contributed by atoms with Crippen molar-refractivity contribution < 1.29 is 14.4 Å². The van der Waals surface area contributed by atoms with Gasteiger partial charge in [0, 0.05) is 18.5 Å². The van der Waals surface area contributed by atoms with Crippen LogP contribution in [0, 0.1) is 0 Å². The van der Waals surface area contributed by atoms with Crippen LogP contribution in [-0.2, 0) is 16.8 Å². The lowest BCUT2D eigenvalue weighted by atomic mass is 9.97. The monoisotopic (exact) mass is 268 g/mol. The van der Waals surface area contributed by atoms with Gasteiger partial charge in [-0.15, -0.1) is 0 Å². The van der Waals surface area contributed by atoms with E-state index in [4.69, 9.17) is 15.4 Å². The molecule has 1 aliphatic rings. The van der Waals surface area contributed by atoms with Gasteiger partial charge in [-0.25, -0.2) is 0 Å². The van der Waals surface area contributed by atoms with Gasteiger partial charge in [-0.2, -0.15) is 4.98 Å². The molecule has 0 amide bonds. The first-order valence-corrected chi connectivity index (χ1v) is 6.28. The fourth-order valence-electron chi connectivity index (χ4n) is 2.05. The minimum Gasteiger partial charge on any atom is -0.480 e. The molecule has 1 fully saturated rings. The SMILES string of the molecule is CC(C)(C)c1nc(CN2CCC(N)(C(=O)O)C2)no1. The van der Waals surface area contributed by atoms with Gasteiger partial charge in [0.25, 0.3) is 0 Å². The molecule has 1 unspecified atom stereocenters. The Kier molecular flexibility index (Phi) is 3.36. The maximum Gasteiger partial charge on any atom is 0.325 e. The predicted octanol–water partition coefficient (Wildman–Crippen LogP) is 0.355. The van der Waals surface area contributed by atoms with E-state index in [1.807, 2.05) is 25.7 Å². The van der Waals surface area contributed by atoms with Crippen LogP contribution in [0.4, 0.5) is 0 Å². The summed E-state index contributed by atoms with van der Waals surface area (Å²) in [5.41, 5.74) is 4.47. The fraction of sp³-hybridized carbons (Fsp3) is 0.750. The fourth-order valence-corrected chi connectivity index (χ4v) is 2.05. The lowest BCUT2D eigenvalue weighted by Gasteiger charge is -2.18. The number of carboxylic acids is 1. The lowest BCUT2D eigenvalue weighted by molar-refractivity contribution is -0.142. The van der Waals surface area contributed by atoms with Crippen LogP contribution in [0.1, 0.15) is 38.9 Å². The first kappa shape index (κ1) is 14.0.